The van der Waals surface area contributed by atoms with Crippen molar-refractivity contribution in [3.63, 3.8) is 0 Å². The quantitative estimate of drug-likeness (QED) is 0.869. The van der Waals surface area contributed by atoms with Gasteiger partial charge in [0.1, 0.15) is 0 Å². The molecule has 1 heterocycles. The Morgan fingerprint density at radius 2 is 2.26 bits per heavy atom. The Morgan fingerprint density at radius 1 is 1.53 bits per heavy atom. The van der Waals surface area contributed by atoms with Crippen molar-refractivity contribution in [2.45, 2.75) is 39.0 Å². The maximum Gasteiger partial charge on any atom is 0.227 e. The first-order valence-corrected chi connectivity index (χ1v) is 7.19. The van der Waals surface area contributed by atoms with Gasteiger partial charge in [0, 0.05) is 19.2 Å². The van der Waals surface area contributed by atoms with E-state index < -0.39 is 0 Å². The van der Waals surface area contributed by atoms with Crippen molar-refractivity contribution in [2.24, 2.45) is 24.6 Å². The number of carbonyl (C=O) groups is 1. The van der Waals surface area contributed by atoms with Gasteiger partial charge in [0.2, 0.25) is 5.91 Å². The van der Waals surface area contributed by atoms with Gasteiger partial charge < -0.3 is 11.1 Å². The van der Waals surface area contributed by atoms with E-state index in [1.807, 2.05) is 20.2 Å². The van der Waals surface area contributed by atoms with E-state index in [4.69, 9.17) is 5.73 Å². The van der Waals surface area contributed by atoms with Gasteiger partial charge in [-0.3, -0.25) is 9.48 Å². The lowest BCUT2D eigenvalue weighted by atomic mass is 9.78. The van der Waals surface area contributed by atoms with E-state index in [1.54, 1.807) is 4.68 Å². The van der Waals surface area contributed by atoms with E-state index in [1.165, 1.54) is 6.42 Å². The van der Waals surface area contributed by atoms with Crippen molar-refractivity contribution in [3.8, 4) is 0 Å². The van der Waals surface area contributed by atoms with Gasteiger partial charge in [-0.1, -0.05) is 19.8 Å². The van der Waals surface area contributed by atoms with E-state index in [-0.39, 0.29) is 11.8 Å². The lowest BCUT2D eigenvalue weighted by molar-refractivity contribution is -0.122. The smallest absolute Gasteiger partial charge is 0.227 e. The zero-order valence-electron chi connectivity index (χ0n) is 11.9. The molecular formula is C14H24N4O. The number of anilines is 1. The molecule has 0 spiro atoms. The van der Waals surface area contributed by atoms with Gasteiger partial charge in [-0.05, 0) is 31.7 Å². The lowest BCUT2D eigenvalue weighted by Crippen LogP contribution is -2.35. The van der Waals surface area contributed by atoms with Crippen LogP contribution in [0.15, 0.2) is 6.20 Å². The van der Waals surface area contributed by atoms with Gasteiger partial charge in [0.15, 0.2) is 0 Å². The monoisotopic (exact) mass is 264 g/mol. The second-order valence-corrected chi connectivity index (χ2v) is 5.39. The first-order chi connectivity index (χ1) is 9.15. The largest absolute Gasteiger partial charge is 0.330 e. The van der Waals surface area contributed by atoms with E-state index >= 15 is 0 Å². The van der Waals surface area contributed by atoms with Gasteiger partial charge in [0.25, 0.3) is 0 Å². The van der Waals surface area contributed by atoms with Crippen molar-refractivity contribution in [2.75, 3.05) is 11.9 Å². The molecule has 5 nitrogen and oxygen atoms in total. The molecule has 5 heteroatoms. The molecule has 0 saturated heterocycles. The number of carbonyl (C=O) groups excluding carboxylic acids is 1. The molecule has 3 N–H and O–H groups in total. The Hall–Kier alpha value is -1.36. The summed E-state index contributed by atoms with van der Waals surface area (Å²) in [7, 11) is 1.87. The van der Waals surface area contributed by atoms with Crippen LogP contribution in [0.25, 0.3) is 0 Å². The fraction of sp³-hybridized carbons (Fsp3) is 0.714. The average molecular weight is 264 g/mol. The van der Waals surface area contributed by atoms with Crippen molar-refractivity contribution in [1.82, 2.24) is 9.78 Å². The van der Waals surface area contributed by atoms with Gasteiger partial charge in [-0.15, -0.1) is 0 Å². The highest BCUT2D eigenvalue weighted by molar-refractivity contribution is 5.93. The number of nitrogens with zero attached hydrogens (tertiary/aromatic N) is 2. The van der Waals surface area contributed by atoms with Crippen LogP contribution in [-0.4, -0.2) is 22.2 Å². The maximum atomic E-state index is 12.4. The Morgan fingerprint density at radius 3 is 2.95 bits per heavy atom. The van der Waals surface area contributed by atoms with Gasteiger partial charge in [-0.25, -0.2) is 0 Å². The summed E-state index contributed by atoms with van der Waals surface area (Å²) in [5.74, 6) is 0.497. The summed E-state index contributed by atoms with van der Waals surface area (Å²) in [6, 6.07) is 0. The van der Waals surface area contributed by atoms with Crippen molar-refractivity contribution < 1.29 is 4.79 Å². The van der Waals surface area contributed by atoms with Crippen molar-refractivity contribution >= 4 is 11.6 Å². The zero-order chi connectivity index (χ0) is 13.8. The molecule has 2 atom stereocenters. The van der Waals surface area contributed by atoms with Gasteiger partial charge in [0.05, 0.1) is 11.4 Å². The molecule has 2 rings (SSSR count). The minimum absolute atomic E-state index is 0.0589. The van der Waals surface area contributed by atoms with Crippen molar-refractivity contribution in [3.05, 3.63) is 11.9 Å². The van der Waals surface area contributed by atoms with Crippen LogP contribution in [0.3, 0.4) is 0 Å². The standard InChI is InChI=1S/C14H24N4O/c1-3-12-13(9-18(2)17-12)16-14(19)11-7-5-4-6-10(11)8-15/h9-11H,3-8,15H2,1-2H3,(H,16,19). The van der Waals surface area contributed by atoms with Crippen LogP contribution < -0.4 is 11.1 Å². The number of nitrogens with one attached hydrogen (secondary N) is 1. The number of aromatic nitrogens is 2. The summed E-state index contributed by atoms with van der Waals surface area (Å²) in [5, 5.41) is 7.38. The van der Waals surface area contributed by atoms with Crippen LogP contribution in [0.2, 0.25) is 0 Å². The van der Waals surface area contributed by atoms with E-state index in [9.17, 15) is 4.79 Å². The van der Waals surface area contributed by atoms with Crippen molar-refractivity contribution in [1.29, 1.82) is 0 Å². The summed E-state index contributed by atoms with van der Waals surface area (Å²) in [5.41, 5.74) is 7.57. The third-order valence-electron chi connectivity index (χ3n) is 4.05. The van der Waals surface area contributed by atoms with Crippen LogP contribution in [0.1, 0.15) is 38.3 Å². The Kier molecular flexibility index (Phi) is 4.58. The molecule has 0 radical (unpaired) electrons. The van der Waals surface area contributed by atoms with Gasteiger partial charge in [-0.2, -0.15) is 5.10 Å². The molecule has 1 aliphatic rings. The summed E-state index contributed by atoms with van der Waals surface area (Å²) in [4.78, 5) is 12.4. The number of hydrogen-bond donors (Lipinski definition) is 2. The fourth-order valence-electron chi connectivity index (χ4n) is 2.96. The highest BCUT2D eigenvalue weighted by atomic mass is 16.1. The van der Waals surface area contributed by atoms with Gasteiger partial charge >= 0.3 is 0 Å². The molecule has 0 aliphatic heterocycles. The molecule has 2 unspecified atom stereocenters. The molecule has 1 aromatic heterocycles. The summed E-state index contributed by atoms with van der Waals surface area (Å²) in [6.07, 6.45) is 7.04. The molecular weight excluding hydrogens is 240 g/mol. The maximum absolute atomic E-state index is 12.4. The first kappa shape index (κ1) is 14.1. The second kappa shape index (κ2) is 6.19. The van der Waals surface area contributed by atoms with Crippen LogP contribution in [0.5, 0.6) is 0 Å². The molecule has 1 saturated carbocycles. The predicted octanol–water partition coefficient (Wildman–Crippen LogP) is 1.69. The fourth-order valence-corrected chi connectivity index (χ4v) is 2.96. The minimum Gasteiger partial charge on any atom is -0.330 e. The predicted molar refractivity (Wildman–Crippen MR) is 75.7 cm³/mol. The number of hydrogen-bond acceptors (Lipinski definition) is 3. The summed E-state index contributed by atoms with van der Waals surface area (Å²) in [6.45, 7) is 2.65. The highest BCUT2D eigenvalue weighted by Gasteiger charge is 2.30. The van der Waals surface area contributed by atoms with Crippen LogP contribution in [-0.2, 0) is 18.3 Å². The van der Waals surface area contributed by atoms with E-state index in [0.29, 0.717) is 12.5 Å². The molecule has 106 valence electrons. The molecule has 1 aromatic rings. The average Bonchev–Trinajstić information content (AvgIpc) is 2.78. The Bertz CT molecular complexity index is 441. The number of rotatable bonds is 4. The Labute approximate surface area is 114 Å². The first-order valence-electron chi connectivity index (χ1n) is 7.19. The van der Waals surface area contributed by atoms with Crippen LogP contribution in [0, 0.1) is 11.8 Å². The third kappa shape index (κ3) is 3.15. The topological polar surface area (TPSA) is 72.9 Å². The molecule has 1 fully saturated rings. The zero-order valence-corrected chi connectivity index (χ0v) is 11.9. The van der Waals surface area contributed by atoms with E-state index in [2.05, 4.69) is 10.4 Å². The lowest BCUT2D eigenvalue weighted by Gasteiger charge is -2.29. The molecule has 0 bridgehead atoms. The van der Waals surface area contributed by atoms with E-state index in [0.717, 1.165) is 37.1 Å². The summed E-state index contributed by atoms with van der Waals surface area (Å²) >= 11 is 0. The second-order valence-electron chi connectivity index (χ2n) is 5.39. The summed E-state index contributed by atoms with van der Waals surface area (Å²) < 4.78 is 1.75. The highest BCUT2D eigenvalue weighted by Crippen LogP contribution is 2.30. The number of aryl methyl sites for hydroxylation is 2. The Balaban J connectivity index is 2.07. The molecule has 0 aromatic carbocycles. The number of nitrogens with two attached hydrogens (primary N) is 1. The third-order valence-corrected chi connectivity index (χ3v) is 4.05. The molecule has 1 aliphatic carbocycles. The molecule has 1 amide bonds. The molecule has 19 heavy (non-hydrogen) atoms. The SMILES string of the molecule is CCc1nn(C)cc1NC(=O)C1CCCCC1CN. The minimum atomic E-state index is 0.0589. The van der Waals surface area contributed by atoms with Crippen LogP contribution in [0.4, 0.5) is 5.69 Å². The normalized spacial score (nSPS) is 23.3. The van der Waals surface area contributed by atoms with Crippen LogP contribution >= 0.6 is 0 Å². The number of amides is 1.